The summed E-state index contributed by atoms with van der Waals surface area (Å²) in [6.07, 6.45) is 0.920. The minimum absolute atomic E-state index is 0.0450. The van der Waals surface area contributed by atoms with Crippen molar-refractivity contribution in [2.45, 2.75) is 40.2 Å². The van der Waals surface area contributed by atoms with Gasteiger partial charge in [0.05, 0.1) is 0 Å². The molecule has 1 aromatic rings. The number of aryl methyl sites for hydroxylation is 2. The minimum Gasteiger partial charge on any atom is -0.354 e. The van der Waals surface area contributed by atoms with Crippen molar-refractivity contribution in [1.29, 1.82) is 0 Å². The van der Waals surface area contributed by atoms with E-state index in [2.05, 4.69) is 22.0 Å². The number of rotatable bonds is 5. The Hall–Kier alpha value is -1.62. The SMILES string of the molecule is CCCNC(=O)[C@H](C)NC(=S)Nc1cc(C)cc(C)c1. The van der Waals surface area contributed by atoms with Crippen LogP contribution >= 0.6 is 12.2 Å². The lowest BCUT2D eigenvalue weighted by Gasteiger charge is -2.17. The Morgan fingerprint density at radius 3 is 2.40 bits per heavy atom. The summed E-state index contributed by atoms with van der Waals surface area (Å²) < 4.78 is 0. The van der Waals surface area contributed by atoms with E-state index in [-0.39, 0.29) is 11.9 Å². The molecular weight excluding hydrogens is 270 g/mol. The summed E-state index contributed by atoms with van der Waals surface area (Å²) in [7, 11) is 0. The highest BCUT2D eigenvalue weighted by Gasteiger charge is 2.12. The number of anilines is 1. The summed E-state index contributed by atoms with van der Waals surface area (Å²) in [4.78, 5) is 11.7. The first-order valence-corrected chi connectivity index (χ1v) is 7.26. The van der Waals surface area contributed by atoms with E-state index in [4.69, 9.17) is 12.2 Å². The largest absolute Gasteiger partial charge is 0.354 e. The minimum atomic E-state index is -0.354. The average Bonchev–Trinajstić information content (AvgIpc) is 2.34. The molecule has 0 bridgehead atoms. The van der Waals surface area contributed by atoms with E-state index in [1.54, 1.807) is 6.92 Å². The molecule has 20 heavy (non-hydrogen) atoms. The molecule has 4 nitrogen and oxygen atoms in total. The van der Waals surface area contributed by atoms with Gasteiger partial charge >= 0.3 is 0 Å². The van der Waals surface area contributed by atoms with Crippen molar-refractivity contribution in [3.05, 3.63) is 29.3 Å². The highest BCUT2D eigenvalue weighted by molar-refractivity contribution is 7.80. The van der Waals surface area contributed by atoms with Crippen LogP contribution in [0, 0.1) is 13.8 Å². The summed E-state index contributed by atoms with van der Waals surface area (Å²) >= 11 is 5.23. The third-order valence-corrected chi connectivity index (χ3v) is 2.99. The Labute approximate surface area is 126 Å². The zero-order chi connectivity index (χ0) is 15.1. The molecule has 0 aliphatic rings. The fraction of sp³-hybridized carbons (Fsp3) is 0.467. The standard InChI is InChI=1S/C15H23N3OS/c1-5-6-16-14(19)12(4)17-15(20)18-13-8-10(2)7-11(3)9-13/h7-9,12H,5-6H2,1-4H3,(H,16,19)(H2,17,18,20)/t12-/m0/s1. The van der Waals surface area contributed by atoms with Crippen LogP contribution in [0.1, 0.15) is 31.4 Å². The highest BCUT2D eigenvalue weighted by atomic mass is 32.1. The fourth-order valence-corrected chi connectivity index (χ4v) is 2.17. The number of hydrogen-bond acceptors (Lipinski definition) is 2. The second-order valence-corrected chi connectivity index (χ2v) is 5.40. The lowest BCUT2D eigenvalue weighted by molar-refractivity contribution is -0.122. The van der Waals surface area contributed by atoms with Crippen molar-refractivity contribution in [1.82, 2.24) is 10.6 Å². The Balaban J connectivity index is 2.52. The molecular formula is C15H23N3OS. The van der Waals surface area contributed by atoms with E-state index >= 15 is 0 Å². The molecule has 0 spiro atoms. The molecule has 0 heterocycles. The monoisotopic (exact) mass is 293 g/mol. The second kappa shape index (κ2) is 7.85. The maximum absolute atomic E-state index is 11.7. The predicted molar refractivity (Wildman–Crippen MR) is 88.0 cm³/mol. The van der Waals surface area contributed by atoms with Crippen LogP contribution in [0.15, 0.2) is 18.2 Å². The molecule has 5 heteroatoms. The molecule has 0 saturated heterocycles. The normalized spacial score (nSPS) is 11.6. The predicted octanol–water partition coefficient (Wildman–Crippen LogP) is 2.50. The van der Waals surface area contributed by atoms with E-state index < -0.39 is 0 Å². The van der Waals surface area contributed by atoms with Gasteiger partial charge in [0.15, 0.2) is 5.11 Å². The molecule has 0 radical (unpaired) electrons. The second-order valence-electron chi connectivity index (χ2n) is 4.99. The van der Waals surface area contributed by atoms with Gasteiger partial charge in [-0.05, 0) is 62.7 Å². The number of hydrogen-bond donors (Lipinski definition) is 3. The Morgan fingerprint density at radius 1 is 1.25 bits per heavy atom. The molecule has 0 aliphatic carbocycles. The average molecular weight is 293 g/mol. The van der Waals surface area contributed by atoms with Crippen LogP contribution in [0.3, 0.4) is 0 Å². The lowest BCUT2D eigenvalue weighted by atomic mass is 10.1. The number of carbonyl (C=O) groups is 1. The van der Waals surface area contributed by atoms with Gasteiger partial charge in [-0.15, -0.1) is 0 Å². The van der Waals surface area contributed by atoms with Crippen LogP contribution in [0.25, 0.3) is 0 Å². The van der Waals surface area contributed by atoms with E-state index in [1.165, 1.54) is 11.1 Å². The molecule has 0 aromatic heterocycles. The van der Waals surface area contributed by atoms with Gasteiger partial charge < -0.3 is 16.0 Å². The van der Waals surface area contributed by atoms with Crippen LogP contribution in [-0.4, -0.2) is 23.6 Å². The molecule has 1 atom stereocenters. The molecule has 0 aliphatic heterocycles. The maximum Gasteiger partial charge on any atom is 0.242 e. The van der Waals surface area contributed by atoms with Gasteiger partial charge in [-0.25, -0.2) is 0 Å². The third kappa shape index (κ3) is 5.57. The highest BCUT2D eigenvalue weighted by Crippen LogP contribution is 2.13. The molecule has 0 unspecified atom stereocenters. The van der Waals surface area contributed by atoms with Crippen molar-refractivity contribution < 1.29 is 4.79 Å². The summed E-state index contributed by atoms with van der Waals surface area (Å²) in [6.45, 7) is 8.57. The van der Waals surface area contributed by atoms with Crippen LogP contribution in [0.4, 0.5) is 5.69 Å². The van der Waals surface area contributed by atoms with Crippen LogP contribution in [-0.2, 0) is 4.79 Å². The zero-order valence-electron chi connectivity index (χ0n) is 12.5. The van der Waals surface area contributed by atoms with Gasteiger partial charge in [-0.1, -0.05) is 13.0 Å². The van der Waals surface area contributed by atoms with Crippen LogP contribution in [0.2, 0.25) is 0 Å². The van der Waals surface area contributed by atoms with Crippen molar-refractivity contribution in [3.8, 4) is 0 Å². The van der Waals surface area contributed by atoms with Gasteiger partial charge in [0.2, 0.25) is 5.91 Å². The van der Waals surface area contributed by atoms with Gasteiger partial charge in [-0.3, -0.25) is 4.79 Å². The number of carbonyl (C=O) groups excluding carboxylic acids is 1. The molecule has 1 rings (SSSR count). The molecule has 1 aromatic carbocycles. The lowest BCUT2D eigenvalue weighted by Crippen LogP contribution is -2.46. The van der Waals surface area contributed by atoms with Gasteiger partial charge in [0.1, 0.15) is 6.04 Å². The van der Waals surface area contributed by atoms with Gasteiger partial charge in [-0.2, -0.15) is 0 Å². The quantitative estimate of drug-likeness (QED) is 0.730. The molecule has 0 saturated carbocycles. The van der Waals surface area contributed by atoms with Crippen molar-refractivity contribution in [2.75, 3.05) is 11.9 Å². The first kappa shape index (κ1) is 16.4. The Bertz CT molecular complexity index is 468. The van der Waals surface area contributed by atoms with E-state index in [9.17, 15) is 4.79 Å². The van der Waals surface area contributed by atoms with Crippen LogP contribution < -0.4 is 16.0 Å². The van der Waals surface area contributed by atoms with E-state index in [0.717, 1.165) is 12.1 Å². The first-order valence-electron chi connectivity index (χ1n) is 6.86. The molecule has 1 amide bonds. The van der Waals surface area contributed by atoms with Crippen molar-refractivity contribution in [2.24, 2.45) is 0 Å². The number of thiocarbonyl (C=S) groups is 1. The summed E-state index contributed by atoms with van der Waals surface area (Å²) in [5, 5.41) is 9.37. The third-order valence-electron chi connectivity index (χ3n) is 2.77. The summed E-state index contributed by atoms with van der Waals surface area (Å²) in [5.74, 6) is -0.0450. The fourth-order valence-electron chi connectivity index (χ4n) is 1.88. The number of benzene rings is 1. The molecule has 110 valence electrons. The maximum atomic E-state index is 11.7. The first-order chi connectivity index (χ1) is 9.42. The van der Waals surface area contributed by atoms with Crippen LogP contribution in [0.5, 0.6) is 0 Å². The summed E-state index contributed by atoms with van der Waals surface area (Å²) in [5.41, 5.74) is 3.27. The van der Waals surface area contributed by atoms with Gasteiger partial charge in [0.25, 0.3) is 0 Å². The Kier molecular flexibility index (Phi) is 6.45. The van der Waals surface area contributed by atoms with Crippen molar-refractivity contribution in [3.63, 3.8) is 0 Å². The molecule has 3 N–H and O–H groups in total. The Morgan fingerprint density at radius 2 is 1.85 bits per heavy atom. The smallest absolute Gasteiger partial charge is 0.242 e. The number of nitrogens with one attached hydrogen (secondary N) is 3. The topological polar surface area (TPSA) is 53.2 Å². The summed E-state index contributed by atoms with van der Waals surface area (Å²) in [6, 6.07) is 5.78. The number of amides is 1. The van der Waals surface area contributed by atoms with Gasteiger partial charge in [0, 0.05) is 12.2 Å². The van der Waals surface area contributed by atoms with E-state index in [0.29, 0.717) is 11.7 Å². The van der Waals surface area contributed by atoms with Crippen molar-refractivity contribution >= 4 is 28.9 Å². The van der Waals surface area contributed by atoms with E-state index in [1.807, 2.05) is 32.9 Å². The zero-order valence-corrected chi connectivity index (χ0v) is 13.4. The molecule has 0 fully saturated rings.